The summed E-state index contributed by atoms with van der Waals surface area (Å²) in [7, 11) is 3.31. The molecule has 0 atom stereocenters. The van der Waals surface area contributed by atoms with E-state index in [-0.39, 0.29) is 0 Å². The SMILES string of the molecule is COc1ccc(CCOc2ccccc2OC)cc1. The minimum atomic E-state index is 0.618. The summed E-state index contributed by atoms with van der Waals surface area (Å²) in [5, 5.41) is 0. The molecule has 0 N–H and O–H groups in total. The van der Waals surface area contributed by atoms with E-state index >= 15 is 0 Å². The van der Waals surface area contributed by atoms with Crippen molar-refractivity contribution in [3.63, 3.8) is 0 Å². The number of hydrogen-bond acceptors (Lipinski definition) is 3. The zero-order valence-electron chi connectivity index (χ0n) is 11.3. The van der Waals surface area contributed by atoms with Crippen LogP contribution in [0.25, 0.3) is 0 Å². The highest BCUT2D eigenvalue weighted by Crippen LogP contribution is 2.25. The number of benzene rings is 2. The van der Waals surface area contributed by atoms with Gasteiger partial charge in [0, 0.05) is 6.42 Å². The van der Waals surface area contributed by atoms with Crippen LogP contribution in [-0.2, 0) is 6.42 Å². The van der Waals surface area contributed by atoms with Crippen LogP contribution in [0.1, 0.15) is 5.56 Å². The van der Waals surface area contributed by atoms with E-state index in [0.717, 1.165) is 23.7 Å². The Morgan fingerprint density at radius 1 is 0.789 bits per heavy atom. The van der Waals surface area contributed by atoms with Crippen LogP contribution in [0, 0.1) is 0 Å². The summed E-state index contributed by atoms with van der Waals surface area (Å²) in [4.78, 5) is 0. The van der Waals surface area contributed by atoms with E-state index in [1.54, 1.807) is 14.2 Å². The first-order valence-corrected chi connectivity index (χ1v) is 6.22. The molecule has 0 aliphatic carbocycles. The zero-order chi connectivity index (χ0) is 13.5. The Kier molecular flexibility index (Phi) is 4.67. The van der Waals surface area contributed by atoms with Gasteiger partial charge >= 0.3 is 0 Å². The maximum absolute atomic E-state index is 5.73. The molecule has 100 valence electrons. The van der Waals surface area contributed by atoms with Gasteiger partial charge in [-0.2, -0.15) is 0 Å². The van der Waals surface area contributed by atoms with Gasteiger partial charge < -0.3 is 14.2 Å². The van der Waals surface area contributed by atoms with E-state index in [0.29, 0.717) is 6.61 Å². The van der Waals surface area contributed by atoms with Crippen molar-refractivity contribution in [2.75, 3.05) is 20.8 Å². The molecule has 0 fully saturated rings. The lowest BCUT2D eigenvalue weighted by Gasteiger charge is -2.10. The van der Waals surface area contributed by atoms with Crippen LogP contribution in [0.15, 0.2) is 48.5 Å². The maximum Gasteiger partial charge on any atom is 0.161 e. The average Bonchev–Trinajstić information content (AvgIpc) is 2.48. The van der Waals surface area contributed by atoms with Crippen molar-refractivity contribution in [2.24, 2.45) is 0 Å². The van der Waals surface area contributed by atoms with Crippen LogP contribution in [-0.4, -0.2) is 20.8 Å². The first-order valence-electron chi connectivity index (χ1n) is 6.22. The molecular weight excluding hydrogens is 240 g/mol. The molecule has 3 nitrogen and oxygen atoms in total. The van der Waals surface area contributed by atoms with E-state index in [1.165, 1.54) is 5.56 Å². The van der Waals surface area contributed by atoms with Gasteiger partial charge in [0.15, 0.2) is 11.5 Å². The topological polar surface area (TPSA) is 27.7 Å². The normalized spacial score (nSPS) is 10.0. The maximum atomic E-state index is 5.73. The molecule has 0 aromatic heterocycles. The number of hydrogen-bond donors (Lipinski definition) is 0. The molecule has 2 aromatic rings. The van der Waals surface area contributed by atoms with Gasteiger partial charge in [0.2, 0.25) is 0 Å². The lowest BCUT2D eigenvalue weighted by Crippen LogP contribution is -2.02. The molecule has 2 rings (SSSR count). The Morgan fingerprint density at radius 2 is 1.47 bits per heavy atom. The van der Waals surface area contributed by atoms with E-state index in [4.69, 9.17) is 14.2 Å². The molecule has 0 radical (unpaired) electrons. The Balaban J connectivity index is 1.88. The Bertz CT molecular complexity index is 506. The van der Waals surface area contributed by atoms with Gasteiger partial charge in [-0.1, -0.05) is 24.3 Å². The Hall–Kier alpha value is -2.16. The second-order valence-corrected chi connectivity index (χ2v) is 4.10. The summed E-state index contributed by atoms with van der Waals surface area (Å²) in [6, 6.07) is 15.7. The highest BCUT2D eigenvalue weighted by molar-refractivity contribution is 5.39. The van der Waals surface area contributed by atoms with E-state index in [1.807, 2.05) is 48.5 Å². The molecule has 0 saturated carbocycles. The fraction of sp³-hybridized carbons (Fsp3) is 0.250. The minimum Gasteiger partial charge on any atom is -0.497 e. The summed E-state index contributed by atoms with van der Waals surface area (Å²) < 4.78 is 16.1. The number of methoxy groups -OCH3 is 2. The fourth-order valence-corrected chi connectivity index (χ4v) is 1.81. The number of rotatable bonds is 6. The summed E-state index contributed by atoms with van der Waals surface area (Å²) >= 11 is 0. The monoisotopic (exact) mass is 258 g/mol. The quantitative estimate of drug-likeness (QED) is 0.795. The van der Waals surface area contributed by atoms with Crippen molar-refractivity contribution in [3.05, 3.63) is 54.1 Å². The van der Waals surface area contributed by atoms with Gasteiger partial charge in [0.1, 0.15) is 5.75 Å². The standard InChI is InChI=1S/C16H18O3/c1-17-14-9-7-13(8-10-14)11-12-19-16-6-4-3-5-15(16)18-2/h3-10H,11-12H2,1-2H3. The van der Waals surface area contributed by atoms with Gasteiger partial charge in [-0.05, 0) is 29.8 Å². The van der Waals surface area contributed by atoms with Crippen molar-refractivity contribution in [3.8, 4) is 17.2 Å². The predicted octanol–water partition coefficient (Wildman–Crippen LogP) is 3.33. The molecule has 3 heteroatoms. The summed E-state index contributed by atoms with van der Waals surface area (Å²) in [5.41, 5.74) is 1.22. The van der Waals surface area contributed by atoms with Crippen molar-refractivity contribution in [1.82, 2.24) is 0 Å². The molecule has 0 unspecified atom stereocenters. The van der Waals surface area contributed by atoms with E-state index < -0.39 is 0 Å². The van der Waals surface area contributed by atoms with Gasteiger partial charge in [0.05, 0.1) is 20.8 Å². The highest BCUT2D eigenvalue weighted by atomic mass is 16.5. The molecule has 0 heterocycles. The second kappa shape index (κ2) is 6.69. The van der Waals surface area contributed by atoms with E-state index in [2.05, 4.69) is 0 Å². The largest absolute Gasteiger partial charge is 0.497 e. The lowest BCUT2D eigenvalue weighted by atomic mass is 10.1. The average molecular weight is 258 g/mol. The van der Waals surface area contributed by atoms with Crippen molar-refractivity contribution >= 4 is 0 Å². The third kappa shape index (κ3) is 3.65. The molecule has 0 bridgehead atoms. The fourth-order valence-electron chi connectivity index (χ4n) is 1.81. The molecule has 2 aromatic carbocycles. The Labute approximate surface area is 113 Å². The molecule has 0 aliphatic rings. The van der Waals surface area contributed by atoms with Crippen LogP contribution < -0.4 is 14.2 Å². The van der Waals surface area contributed by atoms with Gasteiger partial charge in [0.25, 0.3) is 0 Å². The molecular formula is C16H18O3. The number of ether oxygens (including phenoxy) is 3. The molecule has 0 amide bonds. The molecule has 0 spiro atoms. The first kappa shape index (κ1) is 13.3. The van der Waals surface area contributed by atoms with Crippen LogP contribution in [0.4, 0.5) is 0 Å². The summed E-state index contributed by atoms with van der Waals surface area (Å²) in [6.45, 7) is 0.618. The predicted molar refractivity (Wildman–Crippen MR) is 75.2 cm³/mol. The van der Waals surface area contributed by atoms with Crippen LogP contribution in [0.5, 0.6) is 17.2 Å². The van der Waals surface area contributed by atoms with Gasteiger partial charge in [-0.3, -0.25) is 0 Å². The Morgan fingerprint density at radius 3 is 2.11 bits per heavy atom. The van der Waals surface area contributed by atoms with Gasteiger partial charge in [-0.15, -0.1) is 0 Å². The van der Waals surface area contributed by atoms with Crippen molar-refractivity contribution < 1.29 is 14.2 Å². The first-order chi connectivity index (χ1) is 9.33. The van der Waals surface area contributed by atoms with Gasteiger partial charge in [-0.25, -0.2) is 0 Å². The van der Waals surface area contributed by atoms with Crippen LogP contribution in [0.2, 0.25) is 0 Å². The third-order valence-electron chi connectivity index (χ3n) is 2.88. The molecule has 0 saturated heterocycles. The zero-order valence-corrected chi connectivity index (χ0v) is 11.3. The summed E-state index contributed by atoms with van der Waals surface area (Å²) in [5.74, 6) is 2.41. The second-order valence-electron chi connectivity index (χ2n) is 4.10. The van der Waals surface area contributed by atoms with Crippen LogP contribution in [0.3, 0.4) is 0 Å². The smallest absolute Gasteiger partial charge is 0.161 e. The minimum absolute atomic E-state index is 0.618. The number of para-hydroxylation sites is 2. The van der Waals surface area contributed by atoms with Crippen LogP contribution >= 0.6 is 0 Å². The lowest BCUT2D eigenvalue weighted by molar-refractivity contribution is 0.297. The van der Waals surface area contributed by atoms with E-state index in [9.17, 15) is 0 Å². The molecule has 0 aliphatic heterocycles. The van der Waals surface area contributed by atoms with Crippen molar-refractivity contribution in [2.45, 2.75) is 6.42 Å². The summed E-state index contributed by atoms with van der Waals surface area (Å²) in [6.07, 6.45) is 0.849. The van der Waals surface area contributed by atoms with Crippen molar-refractivity contribution in [1.29, 1.82) is 0 Å². The molecule has 19 heavy (non-hydrogen) atoms. The highest BCUT2D eigenvalue weighted by Gasteiger charge is 2.02. The third-order valence-corrected chi connectivity index (χ3v) is 2.88.